The number of aliphatic hydroxyl groups is 1. The number of nitrogens with zero attached hydrogens (tertiary/aromatic N) is 5. The Hall–Kier alpha value is -3.00. The first kappa shape index (κ1) is 15.5. The fourth-order valence-corrected chi connectivity index (χ4v) is 3.21. The summed E-state index contributed by atoms with van der Waals surface area (Å²) in [5, 5.41) is 14.3. The Labute approximate surface area is 143 Å². The van der Waals surface area contributed by atoms with E-state index < -0.39 is 6.10 Å². The fourth-order valence-electron chi connectivity index (χ4n) is 3.21. The molecule has 1 aromatic carbocycles. The molecule has 7 nitrogen and oxygen atoms in total. The van der Waals surface area contributed by atoms with E-state index in [2.05, 4.69) is 15.1 Å². The van der Waals surface area contributed by atoms with Crippen molar-refractivity contribution in [2.75, 3.05) is 17.2 Å². The first-order valence-corrected chi connectivity index (χ1v) is 7.95. The summed E-state index contributed by atoms with van der Waals surface area (Å²) in [5.41, 5.74) is 6.65. The van der Waals surface area contributed by atoms with Crippen molar-refractivity contribution in [3.63, 3.8) is 0 Å². The Morgan fingerprint density at radius 3 is 2.76 bits per heavy atom. The lowest BCUT2D eigenvalue weighted by Gasteiger charge is -2.26. The maximum absolute atomic E-state index is 13.6. The highest BCUT2D eigenvalue weighted by Crippen LogP contribution is 2.36. The predicted octanol–water partition coefficient (Wildman–Crippen LogP) is 1.70. The van der Waals surface area contributed by atoms with Crippen LogP contribution < -0.4 is 10.6 Å². The van der Waals surface area contributed by atoms with E-state index >= 15 is 0 Å². The van der Waals surface area contributed by atoms with E-state index in [1.807, 2.05) is 11.0 Å². The number of hydrogen-bond donors (Lipinski definition) is 2. The maximum Gasteiger partial charge on any atom is 0.224 e. The van der Waals surface area contributed by atoms with Crippen LogP contribution in [0, 0.1) is 5.82 Å². The molecule has 25 heavy (non-hydrogen) atoms. The third kappa shape index (κ3) is 3.03. The number of β-amino-alcohol motifs (C(OH)–C–C–N with tert-alkyl or cyclic N) is 1. The van der Waals surface area contributed by atoms with Gasteiger partial charge in [-0.2, -0.15) is 15.1 Å². The van der Waals surface area contributed by atoms with E-state index in [0.717, 1.165) is 5.56 Å². The molecule has 3 aromatic rings. The SMILES string of the molecule is Nc1nc(N2C[C@H](O)C[C@H]2c2cccc(F)c2)cc(-n2cccn2)n1. The lowest BCUT2D eigenvalue weighted by molar-refractivity contribution is 0.194. The Kier molecular flexibility index (Phi) is 3.81. The van der Waals surface area contributed by atoms with Crippen molar-refractivity contribution in [3.05, 3.63) is 60.2 Å². The zero-order chi connectivity index (χ0) is 17.4. The maximum atomic E-state index is 13.6. The molecule has 1 aliphatic rings. The van der Waals surface area contributed by atoms with Gasteiger partial charge < -0.3 is 15.7 Å². The number of benzene rings is 1. The number of aliphatic hydroxyl groups excluding tert-OH is 1. The molecular formula is C17H17FN6O. The molecule has 1 aliphatic heterocycles. The average Bonchev–Trinajstić information content (AvgIpc) is 3.24. The molecule has 4 rings (SSSR count). The molecule has 8 heteroatoms. The van der Waals surface area contributed by atoms with Gasteiger partial charge in [0.1, 0.15) is 11.6 Å². The molecule has 2 aromatic heterocycles. The van der Waals surface area contributed by atoms with Crippen LogP contribution in [-0.2, 0) is 0 Å². The quantitative estimate of drug-likeness (QED) is 0.754. The van der Waals surface area contributed by atoms with Crippen molar-refractivity contribution < 1.29 is 9.50 Å². The van der Waals surface area contributed by atoms with E-state index in [1.165, 1.54) is 12.1 Å². The highest BCUT2D eigenvalue weighted by Gasteiger charge is 2.33. The van der Waals surface area contributed by atoms with E-state index in [9.17, 15) is 9.50 Å². The summed E-state index contributed by atoms with van der Waals surface area (Å²) in [7, 11) is 0. The number of rotatable bonds is 3. The molecule has 1 fully saturated rings. The van der Waals surface area contributed by atoms with Gasteiger partial charge in [-0.15, -0.1) is 0 Å². The molecule has 0 saturated carbocycles. The van der Waals surface area contributed by atoms with Crippen LogP contribution in [0.5, 0.6) is 0 Å². The fraction of sp³-hybridized carbons (Fsp3) is 0.235. The highest BCUT2D eigenvalue weighted by molar-refractivity contribution is 5.51. The number of halogens is 1. The Bertz CT molecular complexity index is 885. The van der Waals surface area contributed by atoms with Gasteiger partial charge in [0.25, 0.3) is 0 Å². The molecule has 0 aliphatic carbocycles. The normalized spacial score (nSPS) is 20.2. The summed E-state index contributed by atoms with van der Waals surface area (Å²) in [6, 6.07) is 9.74. The van der Waals surface area contributed by atoms with Crippen LogP contribution in [0.2, 0.25) is 0 Å². The van der Waals surface area contributed by atoms with Crippen LogP contribution in [0.4, 0.5) is 16.2 Å². The minimum absolute atomic E-state index is 0.113. The summed E-state index contributed by atoms with van der Waals surface area (Å²) in [5.74, 6) is 0.913. The standard InChI is InChI=1S/C17H17FN6O/c18-12-4-1-3-11(7-12)14-8-13(25)10-23(14)15-9-16(22-17(19)21-15)24-6-2-5-20-24/h1-7,9,13-14,25H,8,10H2,(H2,19,21,22)/t13-,14+/m1/s1. The van der Waals surface area contributed by atoms with Crippen LogP contribution in [0.25, 0.3) is 5.82 Å². The second kappa shape index (κ2) is 6.14. The molecule has 0 radical (unpaired) electrons. The van der Waals surface area contributed by atoms with Gasteiger partial charge in [-0.25, -0.2) is 9.07 Å². The molecule has 1 saturated heterocycles. The zero-order valence-electron chi connectivity index (χ0n) is 13.3. The molecule has 3 heterocycles. The number of nitrogens with two attached hydrogens (primary N) is 1. The molecular weight excluding hydrogens is 323 g/mol. The van der Waals surface area contributed by atoms with Gasteiger partial charge >= 0.3 is 0 Å². The number of anilines is 2. The minimum atomic E-state index is -0.530. The largest absolute Gasteiger partial charge is 0.391 e. The summed E-state index contributed by atoms with van der Waals surface area (Å²) in [6.45, 7) is 0.385. The summed E-state index contributed by atoms with van der Waals surface area (Å²) in [6.07, 6.45) is 3.36. The number of hydrogen-bond acceptors (Lipinski definition) is 6. The predicted molar refractivity (Wildman–Crippen MR) is 90.7 cm³/mol. The van der Waals surface area contributed by atoms with Crippen LogP contribution in [-0.4, -0.2) is 37.5 Å². The topological polar surface area (TPSA) is 93.1 Å². The van der Waals surface area contributed by atoms with Gasteiger partial charge in [0.05, 0.1) is 12.1 Å². The minimum Gasteiger partial charge on any atom is -0.391 e. The monoisotopic (exact) mass is 340 g/mol. The van der Waals surface area contributed by atoms with Gasteiger partial charge in [-0.3, -0.25) is 0 Å². The van der Waals surface area contributed by atoms with E-state index in [-0.39, 0.29) is 17.8 Å². The third-order valence-corrected chi connectivity index (χ3v) is 4.26. The molecule has 0 amide bonds. The Morgan fingerprint density at radius 2 is 2.00 bits per heavy atom. The van der Waals surface area contributed by atoms with Crippen molar-refractivity contribution in [2.45, 2.75) is 18.6 Å². The van der Waals surface area contributed by atoms with Crippen LogP contribution >= 0.6 is 0 Å². The summed E-state index contributed by atoms with van der Waals surface area (Å²) in [4.78, 5) is 10.4. The van der Waals surface area contributed by atoms with E-state index in [4.69, 9.17) is 5.73 Å². The van der Waals surface area contributed by atoms with Crippen LogP contribution in [0.1, 0.15) is 18.0 Å². The average molecular weight is 340 g/mol. The molecule has 3 N–H and O–H groups in total. The first-order chi connectivity index (χ1) is 12.1. The van der Waals surface area contributed by atoms with Crippen molar-refractivity contribution >= 4 is 11.8 Å². The van der Waals surface area contributed by atoms with E-state index in [1.54, 1.807) is 35.3 Å². The van der Waals surface area contributed by atoms with Crippen LogP contribution in [0.3, 0.4) is 0 Å². The first-order valence-electron chi connectivity index (χ1n) is 7.95. The highest BCUT2D eigenvalue weighted by atomic mass is 19.1. The van der Waals surface area contributed by atoms with Gasteiger partial charge in [0.15, 0.2) is 5.82 Å². The second-order valence-electron chi connectivity index (χ2n) is 6.01. The van der Waals surface area contributed by atoms with Gasteiger partial charge in [-0.05, 0) is 30.2 Å². The Morgan fingerprint density at radius 1 is 1.16 bits per heavy atom. The van der Waals surface area contributed by atoms with Crippen molar-refractivity contribution in [1.29, 1.82) is 0 Å². The molecule has 2 atom stereocenters. The Balaban J connectivity index is 1.74. The smallest absolute Gasteiger partial charge is 0.224 e. The summed E-state index contributed by atoms with van der Waals surface area (Å²) >= 11 is 0. The molecule has 0 bridgehead atoms. The summed E-state index contributed by atoms with van der Waals surface area (Å²) < 4.78 is 15.2. The molecule has 128 valence electrons. The molecule has 0 unspecified atom stereocenters. The van der Waals surface area contributed by atoms with E-state index in [0.29, 0.717) is 24.6 Å². The second-order valence-corrected chi connectivity index (χ2v) is 6.01. The van der Waals surface area contributed by atoms with Crippen molar-refractivity contribution in [1.82, 2.24) is 19.7 Å². The van der Waals surface area contributed by atoms with Crippen LogP contribution in [0.15, 0.2) is 48.8 Å². The van der Waals surface area contributed by atoms with Gasteiger partial charge in [0, 0.05) is 25.0 Å². The van der Waals surface area contributed by atoms with Gasteiger partial charge in [0.2, 0.25) is 5.95 Å². The number of aromatic nitrogens is 4. The third-order valence-electron chi connectivity index (χ3n) is 4.26. The zero-order valence-corrected chi connectivity index (χ0v) is 13.3. The van der Waals surface area contributed by atoms with Crippen molar-refractivity contribution in [3.8, 4) is 5.82 Å². The lowest BCUT2D eigenvalue weighted by Crippen LogP contribution is -2.26. The number of nitrogen functional groups attached to an aromatic ring is 1. The molecule has 0 spiro atoms. The lowest BCUT2D eigenvalue weighted by atomic mass is 10.0. The van der Waals surface area contributed by atoms with Gasteiger partial charge in [-0.1, -0.05) is 12.1 Å². The van der Waals surface area contributed by atoms with Crippen molar-refractivity contribution in [2.24, 2.45) is 0 Å².